The SMILES string of the molecule is CC(C)(C)OC(=O)N1CCc2[nH]nc(NC(=O)c3ccncc3)c2C1. The quantitative estimate of drug-likeness (QED) is 0.872. The smallest absolute Gasteiger partial charge is 0.410 e. The maximum atomic E-state index is 12.3. The molecule has 3 heterocycles. The number of H-pyrrole nitrogens is 1. The largest absolute Gasteiger partial charge is 0.444 e. The summed E-state index contributed by atoms with van der Waals surface area (Å²) in [6.45, 7) is 6.38. The van der Waals surface area contributed by atoms with Gasteiger partial charge in [-0.1, -0.05) is 0 Å². The fourth-order valence-electron chi connectivity index (χ4n) is 2.56. The summed E-state index contributed by atoms with van der Waals surface area (Å²) in [7, 11) is 0. The van der Waals surface area contributed by atoms with Gasteiger partial charge in [-0.25, -0.2) is 4.79 Å². The standard InChI is InChI=1S/C17H21N5O3/c1-17(2,3)25-16(24)22-9-6-13-12(10-22)14(21-20-13)19-15(23)11-4-7-18-8-5-11/h4-5,7-8H,6,9-10H2,1-3H3,(H2,19,20,21,23). The Morgan fingerprint density at radius 1 is 1.28 bits per heavy atom. The van der Waals surface area contributed by atoms with Crippen LogP contribution in [0.4, 0.5) is 10.6 Å². The zero-order valence-corrected chi connectivity index (χ0v) is 14.5. The van der Waals surface area contributed by atoms with Crippen molar-refractivity contribution >= 4 is 17.8 Å². The van der Waals surface area contributed by atoms with E-state index < -0.39 is 5.60 Å². The van der Waals surface area contributed by atoms with Gasteiger partial charge in [0.15, 0.2) is 5.82 Å². The Labute approximate surface area is 145 Å². The van der Waals surface area contributed by atoms with E-state index in [4.69, 9.17) is 4.74 Å². The van der Waals surface area contributed by atoms with Crippen LogP contribution in [0.3, 0.4) is 0 Å². The number of carbonyl (C=O) groups is 2. The molecule has 0 saturated heterocycles. The molecular formula is C17H21N5O3. The molecule has 1 aliphatic heterocycles. The van der Waals surface area contributed by atoms with Gasteiger partial charge in [0.2, 0.25) is 0 Å². The van der Waals surface area contributed by atoms with Crippen molar-refractivity contribution in [2.45, 2.75) is 39.3 Å². The predicted octanol–water partition coefficient (Wildman–Crippen LogP) is 2.35. The highest BCUT2D eigenvalue weighted by molar-refractivity contribution is 6.04. The van der Waals surface area contributed by atoms with E-state index in [-0.39, 0.29) is 12.0 Å². The summed E-state index contributed by atoms with van der Waals surface area (Å²) in [5.74, 6) is 0.163. The Hall–Kier alpha value is -2.90. The first-order valence-electron chi connectivity index (χ1n) is 8.09. The number of nitrogens with one attached hydrogen (secondary N) is 2. The molecule has 0 aliphatic carbocycles. The normalized spacial score (nSPS) is 14.0. The number of fused-ring (bicyclic) bond motifs is 1. The van der Waals surface area contributed by atoms with Gasteiger partial charge in [0.05, 0.1) is 6.54 Å². The van der Waals surface area contributed by atoms with Crippen LogP contribution in [0.1, 0.15) is 42.4 Å². The van der Waals surface area contributed by atoms with E-state index in [0.29, 0.717) is 30.9 Å². The molecule has 25 heavy (non-hydrogen) atoms. The topological polar surface area (TPSA) is 100 Å². The van der Waals surface area contributed by atoms with Crippen molar-refractivity contribution in [2.24, 2.45) is 0 Å². The maximum absolute atomic E-state index is 12.3. The number of hydrogen-bond donors (Lipinski definition) is 2. The van der Waals surface area contributed by atoms with Crippen molar-refractivity contribution in [1.29, 1.82) is 0 Å². The number of hydrogen-bond acceptors (Lipinski definition) is 5. The summed E-state index contributed by atoms with van der Waals surface area (Å²) in [6.07, 6.45) is 3.37. The monoisotopic (exact) mass is 343 g/mol. The molecule has 0 radical (unpaired) electrons. The highest BCUT2D eigenvalue weighted by atomic mass is 16.6. The molecule has 2 aromatic rings. The minimum atomic E-state index is -0.549. The predicted molar refractivity (Wildman–Crippen MR) is 91.1 cm³/mol. The molecule has 8 heteroatoms. The highest BCUT2D eigenvalue weighted by Crippen LogP contribution is 2.25. The molecule has 0 spiro atoms. The number of rotatable bonds is 2. The van der Waals surface area contributed by atoms with E-state index in [1.807, 2.05) is 20.8 Å². The van der Waals surface area contributed by atoms with Gasteiger partial charge in [0.25, 0.3) is 5.91 Å². The van der Waals surface area contributed by atoms with E-state index in [1.54, 1.807) is 29.4 Å². The Balaban J connectivity index is 1.73. The first kappa shape index (κ1) is 16.9. The van der Waals surface area contributed by atoms with Gasteiger partial charge in [-0.15, -0.1) is 0 Å². The Morgan fingerprint density at radius 3 is 2.68 bits per heavy atom. The number of ether oxygens (including phenoxy) is 1. The van der Waals surface area contributed by atoms with Crippen molar-refractivity contribution in [3.8, 4) is 0 Å². The summed E-state index contributed by atoms with van der Waals surface area (Å²) >= 11 is 0. The number of carbonyl (C=O) groups excluding carboxylic acids is 2. The minimum absolute atomic E-state index is 0.272. The zero-order chi connectivity index (χ0) is 18.0. The number of aromatic amines is 1. The van der Waals surface area contributed by atoms with E-state index in [9.17, 15) is 9.59 Å². The third-order valence-electron chi connectivity index (χ3n) is 3.76. The van der Waals surface area contributed by atoms with Crippen LogP contribution in [0.5, 0.6) is 0 Å². The summed E-state index contributed by atoms with van der Waals surface area (Å²) in [4.78, 5) is 30.1. The maximum Gasteiger partial charge on any atom is 0.410 e. The van der Waals surface area contributed by atoms with Gasteiger partial charge in [-0.3, -0.25) is 14.9 Å². The van der Waals surface area contributed by atoms with Crippen molar-refractivity contribution in [3.63, 3.8) is 0 Å². The molecule has 0 saturated carbocycles. The van der Waals surface area contributed by atoms with Gasteiger partial charge < -0.3 is 15.0 Å². The number of amides is 2. The summed E-state index contributed by atoms with van der Waals surface area (Å²) < 4.78 is 5.42. The van der Waals surface area contributed by atoms with E-state index >= 15 is 0 Å². The molecule has 132 valence electrons. The third-order valence-corrected chi connectivity index (χ3v) is 3.76. The van der Waals surface area contributed by atoms with Crippen molar-refractivity contribution in [2.75, 3.05) is 11.9 Å². The van der Waals surface area contributed by atoms with Gasteiger partial charge in [0, 0.05) is 42.2 Å². The van der Waals surface area contributed by atoms with Crippen LogP contribution in [0, 0.1) is 0 Å². The second kappa shape index (κ2) is 6.54. The molecule has 2 N–H and O–H groups in total. The Morgan fingerprint density at radius 2 is 2.00 bits per heavy atom. The lowest BCUT2D eigenvalue weighted by Crippen LogP contribution is -2.40. The average molecular weight is 343 g/mol. The summed E-state index contributed by atoms with van der Waals surface area (Å²) in [5.41, 5.74) is 1.67. The van der Waals surface area contributed by atoms with Crippen LogP contribution in [0.25, 0.3) is 0 Å². The zero-order valence-electron chi connectivity index (χ0n) is 14.5. The molecule has 2 amide bonds. The lowest BCUT2D eigenvalue weighted by molar-refractivity contribution is 0.0224. The third kappa shape index (κ3) is 3.96. The molecule has 1 aliphatic rings. The van der Waals surface area contributed by atoms with Gasteiger partial charge in [-0.05, 0) is 32.9 Å². The van der Waals surface area contributed by atoms with Crippen LogP contribution in [-0.4, -0.2) is 44.2 Å². The molecule has 8 nitrogen and oxygen atoms in total. The lowest BCUT2D eigenvalue weighted by Gasteiger charge is -2.30. The highest BCUT2D eigenvalue weighted by Gasteiger charge is 2.29. The first-order valence-corrected chi connectivity index (χ1v) is 8.09. The molecule has 0 aromatic carbocycles. The number of anilines is 1. The first-order chi connectivity index (χ1) is 11.8. The molecule has 0 atom stereocenters. The number of nitrogens with zero attached hydrogens (tertiary/aromatic N) is 3. The molecule has 0 unspecified atom stereocenters. The molecule has 0 bridgehead atoms. The van der Waals surface area contributed by atoms with Crippen molar-refractivity contribution < 1.29 is 14.3 Å². The van der Waals surface area contributed by atoms with Gasteiger partial charge in [-0.2, -0.15) is 5.10 Å². The fraction of sp³-hybridized carbons (Fsp3) is 0.412. The van der Waals surface area contributed by atoms with Crippen LogP contribution in [-0.2, 0) is 17.7 Å². The van der Waals surface area contributed by atoms with E-state index in [2.05, 4.69) is 20.5 Å². The summed E-state index contributed by atoms with van der Waals surface area (Å²) in [5, 5.41) is 9.90. The van der Waals surface area contributed by atoms with Crippen LogP contribution >= 0.6 is 0 Å². The van der Waals surface area contributed by atoms with Crippen molar-refractivity contribution in [3.05, 3.63) is 41.3 Å². The number of pyridine rings is 1. The second-order valence-electron chi connectivity index (χ2n) is 6.87. The second-order valence-corrected chi connectivity index (χ2v) is 6.87. The molecule has 0 fully saturated rings. The molecule has 3 rings (SSSR count). The fourth-order valence-corrected chi connectivity index (χ4v) is 2.56. The number of aromatic nitrogens is 3. The van der Waals surface area contributed by atoms with Crippen LogP contribution in [0.15, 0.2) is 24.5 Å². The van der Waals surface area contributed by atoms with Crippen LogP contribution < -0.4 is 5.32 Å². The minimum Gasteiger partial charge on any atom is -0.444 e. The Kier molecular flexibility index (Phi) is 4.43. The van der Waals surface area contributed by atoms with E-state index in [1.165, 1.54) is 0 Å². The van der Waals surface area contributed by atoms with Crippen LogP contribution in [0.2, 0.25) is 0 Å². The molecule has 2 aromatic heterocycles. The average Bonchev–Trinajstić information content (AvgIpc) is 2.96. The van der Waals surface area contributed by atoms with Gasteiger partial charge >= 0.3 is 6.09 Å². The Bertz CT molecular complexity index is 779. The summed E-state index contributed by atoms with van der Waals surface area (Å²) in [6, 6.07) is 3.25. The van der Waals surface area contributed by atoms with E-state index in [0.717, 1.165) is 11.3 Å². The lowest BCUT2D eigenvalue weighted by atomic mass is 10.1. The van der Waals surface area contributed by atoms with Crippen molar-refractivity contribution in [1.82, 2.24) is 20.1 Å². The molecular weight excluding hydrogens is 322 g/mol. The van der Waals surface area contributed by atoms with Gasteiger partial charge in [0.1, 0.15) is 5.60 Å².